The van der Waals surface area contributed by atoms with E-state index >= 15 is 0 Å². The maximum Gasteiger partial charge on any atom is 0.270 e. The summed E-state index contributed by atoms with van der Waals surface area (Å²) in [5, 5.41) is 6.78. The number of benzene rings is 1. The van der Waals surface area contributed by atoms with E-state index in [4.69, 9.17) is 23.2 Å². The van der Waals surface area contributed by atoms with Crippen LogP contribution in [0, 0.1) is 5.92 Å². The van der Waals surface area contributed by atoms with E-state index in [2.05, 4.69) is 20.6 Å². The largest absolute Gasteiger partial charge is 0.350 e. The van der Waals surface area contributed by atoms with Gasteiger partial charge in [-0.3, -0.25) is 4.79 Å². The Bertz CT molecular complexity index is 676. The zero-order chi connectivity index (χ0) is 16.1. The van der Waals surface area contributed by atoms with Crippen molar-refractivity contribution in [3.8, 4) is 0 Å². The summed E-state index contributed by atoms with van der Waals surface area (Å²) in [6.45, 7) is 4.65. The summed E-state index contributed by atoms with van der Waals surface area (Å²) >= 11 is 11.8. The summed E-state index contributed by atoms with van der Waals surface area (Å²) in [4.78, 5) is 20.1. The standard InChI is InChI=1S/C15H16Cl2N4O/c1-9(2)7-18-15(22)13-6-14(20-8-19-13)21-10-3-4-11(16)12(17)5-10/h3-6,8-9H,7H2,1-2H3,(H,18,22)(H,19,20,21). The van der Waals surface area contributed by atoms with Gasteiger partial charge in [0, 0.05) is 18.3 Å². The number of anilines is 2. The highest BCUT2D eigenvalue weighted by Crippen LogP contribution is 2.26. The molecular weight excluding hydrogens is 323 g/mol. The Kier molecular flexibility index (Phi) is 5.57. The molecule has 0 atom stereocenters. The Hall–Kier alpha value is -1.85. The van der Waals surface area contributed by atoms with Crippen molar-refractivity contribution < 1.29 is 4.79 Å². The van der Waals surface area contributed by atoms with Crippen molar-refractivity contribution in [3.63, 3.8) is 0 Å². The van der Waals surface area contributed by atoms with Crippen molar-refractivity contribution in [2.75, 3.05) is 11.9 Å². The minimum absolute atomic E-state index is 0.228. The van der Waals surface area contributed by atoms with E-state index < -0.39 is 0 Å². The van der Waals surface area contributed by atoms with Gasteiger partial charge in [0.1, 0.15) is 17.8 Å². The number of nitrogens with zero attached hydrogens (tertiary/aromatic N) is 2. The van der Waals surface area contributed by atoms with E-state index in [-0.39, 0.29) is 5.91 Å². The lowest BCUT2D eigenvalue weighted by Gasteiger charge is -2.09. The first-order valence-corrected chi connectivity index (χ1v) is 7.53. The summed E-state index contributed by atoms with van der Waals surface area (Å²) in [6, 6.07) is 6.72. The fourth-order valence-corrected chi connectivity index (χ4v) is 1.96. The van der Waals surface area contributed by atoms with Gasteiger partial charge in [-0.1, -0.05) is 37.0 Å². The number of nitrogens with one attached hydrogen (secondary N) is 2. The van der Waals surface area contributed by atoms with Gasteiger partial charge >= 0.3 is 0 Å². The van der Waals surface area contributed by atoms with Crippen molar-refractivity contribution in [2.45, 2.75) is 13.8 Å². The summed E-state index contributed by atoms with van der Waals surface area (Å²) in [6.07, 6.45) is 1.34. The monoisotopic (exact) mass is 338 g/mol. The number of rotatable bonds is 5. The van der Waals surface area contributed by atoms with Gasteiger partial charge in [0.15, 0.2) is 0 Å². The summed E-state index contributed by atoms with van der Waals surface area (Å²) in [5.41, 5.74) is 1.03. The minimum Gasteiger partial charge on any atom is -0.350 e. The van der Waals surface area contributed by atoms with Gasteiger partial charge in [-0.05, 0) is 24.1 Å². The maximum atomic E-state index is 12.0. The average Bonchev–Trinajstić information content (AvgIpc) is 2.49. The molecule has 0 saturated heterocycles. The van der Waals surface area contributed by atoms with Crippen LogP contribution in [-0.4, -0.2) is 22.4 Å². The van der Waals surface area contributed by atoms with Gasteiger partial charge in [-0.2, -0.15) is 0 Å². The normalized spacial score (nSPS) is 10.6. The van der Waals surface area contributed by atoms with Crippen LogP contribution >= 0.6 is 23.2 Å². The molecule has 0 saturated carbocycles. The van der Waals surface area contributed by atoms with Gasteiger partial charge in [-0.25, -0.2) is 9.97 Å². The van der Waals surface area contributed by atoms with E-state index in [1.807, 2.05) is 13.8 Å². The first kappa shape index (κ1) is 16.5. The molecule has 1 aromatic carbocycles. The lowest BCUT2D eigenvalue weighted by Crippen LogP contribution is -2.28. The maximum absolute atomic E-state index is 12.0. The topological polar surface area (TPSA) is 66.9 Å². The van der Waals surface area contributed by atoms with Crippen molar-refractivity contribution in [2.24, 2.45) is 5.92 Å². The van der Waals surface area contributed by atoms with E-state index in [1.165, 1.54) is 6.33 Å². The Morgan fingerprint density at radius 2 is 1.95 bits per heavy atom. The molecule has 2 rings (SSSR count). The summed E-state index contributed by atoms with van der Waals surface area (Å²) < 4.78 is 0. The van der Waals surface area contributed by atoms with Gasteiger partial charge in [-0.15, -0.1) is 0 Å². The van der Waals surface area contributed by atoms with Crippen LogP contribution in [0.2, 0.25) is 10.0 Å². The lowest BCUT2D eigenvalue weighted by molar-refractivity contribution is 0.0944. The molecule has 0 radical (unpaired) electrons. The number of carbonyl (C=O) groups is 1. The number of hydrogen-bond donors (Lipinski definition) is 2. The fourth-order valence-electron chi connectivity index (χ4n) is 1.66. The molecule has 22 heavy (non-hydrogen) atoms. The predicted molar refractivity (Wildman–Crippen MR) is 88.9 cm³/mol. The van der Waals surface area contributed by atoms with Crippen molar-refractivity contribution >= 4 is 40.6 Å². The second-order valence-corrected chi connectivity index (χ2v) is 5.96. The number of amides is 1. The summed E-state index contributed by atoms with van der Waals surface area (Å²) in [7, 11) is 0. The van der Waals surface area contributed by atoms with Gasteiger partial charge in [0.05, 0.1) is 10.0 Å². The molecule has 0 spiro atoms. The SMILES string of the molecule is CC(C)CNC(=O)c1cc(Nc2ccc(Cl)c(Cl)c2)ncn1. The van der Waals surface area contributed by atoms with E-state index in [0.29, 0.717) is 34.0 Å². The van der Waals surface area contributed by atoms with E-state index in [9.17, 15) is 4.79 Å². The number of halogens is 2. The third-order valence-corrected chi connectivity index (χ3v) is 3.50. The molecule has 0 bridgehead atoms. The van der Waals surface area contributed by atoms with Crippen LogP contribution in [0.25, 0.3) is 0 Å². The molecule has 1 heterocycles. The van der Waals surface area contributed by atoms with Crippen LogP contribution in [-0.2, 0) is 0 Å². The fraction of sp³-hybridized carbons (Fsp3) is 0.267. The molecule has 0 aliphatic rings. The quantitative estimate of drug-likeness (QED) is 0.867. The third kappa shape index (κ3) is 4.58. The highest BCUT2D eigenvalue weighted by molar-refractivity contribution is 6.42. The van der Waals surface area contributed by atoms with Crippen molar-refractivity contribution in [1.29, 1.82) is 0 Å². The van der Waals surface area contributed by atoms with E-state index in [1.54, 1.807) is 24.3 Å². The van der Waals surface area contributed by atoms with Crippen LogP contribution in [0.3, 0.4) is 0 Å². The van der Waals surface area contributed by atoms with Crippen LogP contribution in [0.1, 0.15) is 24.3 Å². The highest BCUT2D eigenvalue weighted by atomic mass is 35.5. The number of aromatic nitrogens is 2. The van der Waals surface area contributed by atoms with E-state index in [0.717, 1.165) is 5.69 Å². The third-order valence-electron chi connectivity index (χ3n) is 2.76. The van der Waals surface area contributed by atoms with Crippen molar-refractivity contribution in [3.05, 3.63) is 46.3 Å². The molecule has 2 aromatic rings. The van der Waals surface area contributed by atoms with Crippen LogP contribution in [0.5, 0.6) is 0 Å². The zero-order valence-electron chi connectivity index (χ0n) is 12.2. The Morgan fingerprint density at radius 1 is 1.18 bits per heavy atom. The minimum atomic E-state index is -0.228. The molecule has 0 fully saturated rings. The Labute approximate surface area is 139 Å². The predicted octanol–water partition coefficient (Wildman–Crippen LogP) is 3.91. The Morgan fingerprint density at radius 3 is 2.64 bits per heavy atom. The highest BCUT2D eigenvalue weighted by Gasteiger charge is 2.09. The summed E-state index contributed by atoms with van der Waals surface area (Å²) in [5.74, 6) is 0.649. The van der Waals surface area contributed by atoms with Gasteiger partial charge in [0.2, 0.25) is 0 Å². The molecule has 116 valence electrons. The molecule has 7 heteroatoms. The van der Waals surface area contributed by atoms with Gasteiger partial charge < -0.3 is 10.6 Å². The van der Waals surface area contributed by atoms with Crippen LogP contribution < -0.4 is 10.6 Å². The zero-order valence-corrected chi connectivity index (χ0v) is 13.7. The first-order chi connectivity index (χ1) is 10.5. The second kappa shape index (κ2) is 7.42. The molecule has 2 N–H and O–H groups in total. The number of carbonyl (C=O) groups excluding carboxylic acids is 1. The molecule has 0 aliphatic heterocycles. The average molecular weight is 339 g/mol. The van der Waals surface area contributed by atoms with Crippen molar-refractivity contribution in [1.82, 2.24) is 15.3 Å². The number of hydrogen-bond acceptors (Lipinski definition) is 4. The molecule has 5 nitrogen and oxygen atoms in total. The molecular formula is C15H16Cl2N4O. The Balaban J connectivity index is 2.10. The first-order valence-electron chi connectivity index (χ1n) is 6.78. The van der Waals surface area contributed by atoms with Gasteiger partial charge in [0.25, 0.3) is 5.91 Å². The van der Waals surface area contributed by atoms with Crippen LogP contribution in [0.4, 0.5) is 11.5 Å². The molecule has 0 unspecified atom stereocenters. The molecule has 0 aliphatic carbocycles. The van der Waals surface area contributed by atoms with Crippen LogP contribution in [0.15, 0.2) is 30.6 Å². The smallest absolute Gasteiger partial charge is 0.270 e. The lowest BCUT2D eigenvalue weighted by atomic mass is 10.2. The second-order valence-electron chi connectivity index (χ2n) is 5.15. The molecule has 1 amide bonds. The molecule has 1 aromatic heterocycles.